The zero-order valence-corrected chi connectivity index (χ0v) is 41.8. The number of aromatic amines is 1. The maximum absolute atomic E-state index is 16.3. The van der Waals surface area contributed by atoms with Gasteiger partial charge in [0, 0.05) is 63.6 Å². The molecular formula is C49H46BrF4N15O5. The molecule has 3 N–H and O–H groups in total. The van der Waals surface area contributed by atoms with Gasteiger partial charge in [0.2, 0.25) is 11.9 Å². The largest absolute Gasteiger partial charge is 0.507 e. The van der Waals surface area contributed by atoms with Crippen LogP contribution in [0.15, 0.2) is 76.3 Å². The predicted molar refractivity (Wildman–Crippen MR) is 268 cm³/mol. The first-order valence-electron chi connectivity index (χ1n) is 23.4. The van der Waals surface area contributed by atoms with Gasteiger partial charge in [-0.3, -0.25) is 9.78 Å². The number of halogens is 5. The number of aromatic nitrogens is 10. The van der Waals surface area contributed by atoms with E-state index < -0.39 is 64.0 Å². The number of phenolic OH excluding ortho intramolecular Hbond substituents is 1. The van der Waals surface area contributed by atoms with Crippen LogP contribution in [0.5, 0.6) is 5.75 Å². The fourth-order valence-electron chi connectivity index (χ4n) is 9.22. The Morgan fingerprint density at radius 2 is 1.72 bits per heavy atom. The quantitative estimate of drug-likeness (QED) is 0.0898. The first-order chi connectivity index (χ1) is 35.5. The van der Waals surface area contributed by atoms with Crippen molar-refractivity contribution in [2.45, 2.75) is 46.2 Å². The summed E-state index contributed by atoms with van der Waals surface area (Å²) in [6.45, 7) is 12.5. The average molecular weight is 1080 g/mol. The van der Waals surface area contributed by atoms with Crippen LogP contribution in [0.1, 0.15) is 43.8 Å². The van der Waals surface area contributed by atoms with Crippen molar-refractivity contribution in [1.82, 2.24) is 58.9 Å². The average Bonchev–Trinajstić information content (AvgIpc) is 3.99. The molecule has 2 aliphatic rings. The highest BCUT2D eigenvalue weighted by atomic mass is 79.9. The van der Waals surface area contributed by atoms with E-state index in [1.165, 1.54) is 32.2 Å². The molecule has 0 spiro atoms. The van der Waals surface area contributed by atoms with Gasteiger partial charge in [-0.05, 0) is 77.7 Å². The van der Waals surface area contributed by atoms with Gasteiger partial charge in [0.05, 0.1) is 45.1 Å². The molecule has 382 valence electrons. The molecule has 0 aliphatic carbocycles. The number of imidazole rings is 1. The Bertz CT molecular complexity index is 3620. The topological polar surface area (TPSA) is 221 Å². The first-order valence-corrected chi connectivity index (χ1v) is 24.2. The van der Waals surface area contributed by atoms with Crippen molar-refractivity contribution in [3.63, 3.8) is 0 Å². The molecule has 25 heteroatoms. The van der Waals surface area contributed by atoms with Gasteiger partial charge >= 0.3 is 11.8 Å². The number of piperazine rings is 2. The maximum Gasteiger partial charge on any atom is 0.410 e. The van der Waals surface area contributed by atoms with Gasteiger partial charge in [-0.15, -0.1) is 0 Å². The highest BCUT2D eigenvalue weighted by Crippen LogP contribution is 2.37. The predicted octanol–water partition coefficient (Wildman–Crippen LogP) is 6.78. The summed E-state index contributed by atoms with van der Waals surface area (Å²) >= 11 is 3.48. The number of aromatic hydroxyl groups is 1. The minimum absolute atomic E-state index is 0.0277. The van der Waals surface area contributed by atoms with E-state index >= 15 is 8.78 Å². The van der Waals surface area contributed by atoms with E-state index in [4.69, 9.17) is 4.74 Å². The number of hydrogen-bond donors (Lipinski definition) is 3. The minimum Gasteiger partial charge on any atom is -0.507 e. The number of phenols is 1. The van der Waals surface area contributed by atoms with Crippen molar-refractivity contribution in [2.24, 2.45) is 0 Å². The van der Waals surface area contributed by atoms with Crippen LogP contribution in [0, 0.1) is 30.2 Å². The second-order valence-corrected chi connectivity index (χ2v) is 19.0. The van der Waals surface area contributed by atoms with Crippen molar-refractivity contribution < 1.29 is 37.0 Å². The van der Waals surface area contributed by atoms with Gasteiger partial charge in [-0.25, -0.2) is 41.7 Å². The Kier molecular flexibility index (Phi) is 13.1. The Labute approximate surface area is 426 Å². The van der Waals surface area contributed by atoms with Crippen LogP contribution in [-0.2, 0) is 16.1 Å². The number of pyridine rings is 2. The second kappa shape index (κ2) is 19.7. The van der Waals surface area contributed by atoms with Gasteiger partial charge in [0.1, 0.15) is 41.0 Å². The highest BCUT2D eigenvalue weighted by Gasteiger charge is 2.33. The minimum atomic E-state index is -1.05. The van der Waals surface area contributed by atoms with Crippen molar-refractivity contribution in [3.8, 4) is 22.7 Å². The van der Waals surface area contributed by atoms with Gasteiger partial charge in [-0.2, -0.15) is 24.6 Å². The molecule has 74 heavy (non-hydrogen) atoms. The molecule has 6 aromatic heterocycles. The zero-order chi connectivity index (χ0) is 52.3. The van der Waals surface area contributed by atoms with Crippen LogP contribution >= 0.6 is 15.9 Å². The summed E-state index contributed by atoms with van der Waals surface area (Å²) < 4.78 is 68.6. The number of ether oxygens (including phenoxy) is 1. The van der Waals surface area contributed by atoms with Crippen molar-refractivity contribution >= 4 is 73.4 Å². The Balaban J connectivity index is 0.797. The lowest BCUT2D eigenvalue weighted by molar-refractivity contribution is -0.128. The molecule has 10 rings (SSSR count). The van der Waals surface area contributed by atoms with E-state index in [2.05, 4.69) is 67.8 Å². The molecular weight excluding hydrogens is 1030 g/mol. The standard InChI is InChI=1S/C49H46BrF4N15O5/c1-24(2)38-41(25(3)11-12-55-38)68-43-28(19-32(53)39(60-43)36-30(51)7-6-8-34(36)70)42(62-48(68)72)67-18-17-66(22-27(67)5)45(71)26(4)23-74-49(73)65-15-13-64(14-16-65)47-61-44-29(50)20-57-69(44)46(63-47)56-21-35-58-33-10-9-31(52)37(54)40(33)59-35/h6-12,19-20,24,27,70H,4,13-18,21-23H2,1-3,5H3,(H,58,59)(H,56,61,63)/t27-/m0/s1. The summed E-state index contributed by atoms with van der Waals surface area (Å²) in [5.74, 6) is -4.05. The molecule has 2 amide bonds. The number of aryl methyl sites for hydroxylation is 1. The van der Waals surface area contributed by atoms with Crippen LogP contribution in [0.4, 0.5) is 40.1 Å². The third-order valence-corrected chi connectivity index (χ3v) is 13.5. The van der Waals surface area contributed by atoms with E-state index in [0.717, 1.165) is 18.2 Å². The molecule has 2 fully saturated rings. The van der Waals surface area contributed by atoms with Crippen molar-refractivity contribution in [2.75, 3.05) is 67.5 Å². The summed E-state index contributed by atoms with van der Waals surface area (Å²) in [6.07, 6.45) is 2.52. The molecule has 8 aromatic rings. The van der Waals surface area contributed by atoms with Crippen LogP contribution in [-0.4, -0.2) is 134 Å². The number of rotatable bonds is 11. The van der Waals surface area contributed by atoms with Crippen LogP contribution in [0.25, 0.3) is 44.7 Å². The lowest BCUT2D eigenvalue weighted by Crippen LogP contribution is -2.55. The Hall–Kier alpha value is -8.22. The normalized spacial score (nSPS) is 15.2. The second-order valence-electron chi connectivity index (χ2n) is 18.2. The SMILES string of the molecule is C=C(COC(=O)N1CCN(c2nc(NCc3nc4c(F)c(F)ccc4[nH]3)n3ncc(Br)c3n2)CC1)C(=O)N1CCN(c2nc(=O)n(-c3c(C)ccnc3C(C)C)c3nc(-c4c(O)cccc4F)c(F)cc23)[C@@H](C)C1. The maximum atomic E-state index is 16.3. The molecule has 0 unspecified atom stereocenters. The smallest absolute Gasteiger partial charge is 0.410 e. The molecule has 0 saturated carbocycles. The summed E-state index contributed by atoms with van der Waals surface area (Å²) in [4.78, 5) is 78.3. The number of nitrogens with one attached hydrogen (secondary N) is 2. The number of H-pyrrole nitrogens is 1. The van der Waals surface area contributed by atoms with Crippen LogP contribution in [0.2, 0.25) is 0 Å². The lowest BCUT2D eigenvalue weighted by Gasteiger charge is -2.41. The zero-order valence-electron chi connectivity index (χ0n) is 40.2. The summed E-state index contributed by atoms with van der Waals surface area (Å²) in [5.41, 5.74) is 0.498. The van der Waals surface area contributed by atoms with Gasteiger partial charge in [-0.1, -0.05) is 26.5 Å². The van der Waals surface area contributed by atoms with Crippen molar-refractivity contribution in [1.29, 1.82) is 0 Å². The number of amides is 2. The number of benzene rings is 2. The monoisotopic (exact) mass is 1080 g/mol. The fraction of sp³-hybridized carbons (Fsp3) is 0.306. The summed E-state index contributed by atoms with van der Waals surface area (Å²) in [6, 6.07) is 8.33. The molecule has 0 bridgehead atoms. The number of nitrogens with zero attached hydrogens (tertiary/aromatic N) is 13. The number of hydrogen-bond acceptors (Lipinski definition) is 15. The Morgan fingerprint density at radius 3 is 2.46 bits per heavy atom. The van der Waals surface area contributed by atoms with E-state index in [-0.39, 0.29) is 79.7 Å². The Morgan fingerprint density at radius 1 is 0.946 bits per heavy atom. The first kappa shape index (κ1) is 49.4. The van der Waals surface area contributed by atoms with Crippen molar-refractivity contribution in [3.05, 3.63) is 122 Å². The molecule has 2 aliphatic heterocycles. The third-order valence-electron chi connectivity index (χ3n) is 13.0. The highest BCUT2D eigenvalue weighted by molar-refractivity contribution is 9.10. The summed E-state index contributed by atoms with van der Waals surface area (Å²) in [7, 11) is 0. The van der Waals surface area contributed by atoms with E-state index in [1.807, 2.05) is 25.7 Å². The molecule has 8 heterocycles. The van der Waals surface area contributed by atoms with E-state index in [9.17, 15) is 28.3 Å². The van der Waals surface area contributed by atoms with E-state index in [1.54, 1.807) is 35.2 Å². The lowest BCUT2D eigenvalue weighted by atomic mass is 10.0. The number of anilines is 3. The molecule has 2 saturated heterocycles. The van der Waals surface area contributed by atoms with Gasteiger partial charge < -0.3 is 39.7 Å². The third kappa shape index (κ3) is 9.04. The molecule has 1 atom stereocenters. The van der Waals surface area contributed by atoms with E-state index in [0.29, 0.717) is 63.4 Å². The van der Waals surface area contributed by atoms with Gasteiger partial charge in [0.15, 0.2) is 28.7 Å². The van der Waals surface area contributed by atoms with Gasteiger partial charge in [0.25, 0.3) is 5.91 Å². The van der Waals surface area contributed by atoms with Crippen LogP contribution < -0.4 is 20.8 Å². The molecule has 2 aromatic carbocycles. The number of fused-ring (bicyclic) bond motifs is 3. The van der Waals surface area contributed by atoms with Crippen LogP contribution in [0.3, 0.4) is 0 Å². The molecule has 0 radical (unpaired) electrons. The number of carbonyl (C=O) groups excluding carboxylic acids is 2. The molecule has 20 nitrogen and oxygen atoms in total. The fourth-order valence-corrected chi connectivity index (χ4v) is 9.56. The number of carbonyl (C=O) groups is 2. The summed E-state index contributed by atoms with van der Waals surface area (Å²) in [5, 5.41) is 18.3.